The van der Waals surface area contributed by atoms with Gasteiger partial charge in [0.2, 0.25) is 0 Å². The van der Waals surface area contributed by atoms with Crippen molar-refractivity contribution in [3.63, 3.8) is 0 Å². The number of hydrogen-bond acceptors (Lipinski definition) is 3. The minimum absolute atomic E-state index is 0.0892. The molecule has 0 aromatic heterocycles. The number of rotatable bonds is 6. The van der Waals surface area contributed by atoms with E-state index in [2.05, 4.69) is 10.1 Å². The third kappa shape index (κ3) is 5.63. The van der Waals surface area contributed by atoms with Crippen LogP contribution in [0, 0.1) is 0 Å². The number of nitrogens with one attached hydrogen (secondary N) is 1. The Balaban J connectivity index is 2.73. The van der Waals surface area contributed by atoms with Crippen LogP contribution in [0.3, 0.4) is 0 Å². The maximum Gasteiger partial charge on any atom is 0.573 e. The molecule has 0 saturated carbocycles. The van der Waals surface area contributed by atoms with Gasteiger partial charge in [0.1, 0.15) is 5.75 Å². The molecule has 0 aliphatic heterocycles. The van der Waals surface area contributed by atoms with E-state index < -0.39 is 23.6 Å². The zero-order chi connectivity index (χ0) is 16.1. The largest absolute Gasteiger partial charge is 0.573 e. The lowest BCUT2D eigenvalue weighted by Gasteiger charge is -2.26. The van der Waals surface area contributed by atoms with E-state index in [-0.39, 0.29) is 12.1 Å². The van der Waals surface area contributed by atoms with Crippen LogP contribution in [0.5, 0.6) is 5.75 Å². The molecule has 1 rings (SSSR count). The van der Waals surface area contributed by atoms with Gasteiger partial charge in [-0.3, -0.25) is 4.79 Å². The average Bonchev–Trinajstić information content (AvgIpc) is 2.43. The highest BCUT2D eigenvalue weighted by Crippen LogP contribution is 2.23. The summed E-state index contributed by atoms with van der Waals surface area (Å²) >= 11 is 0. The Bertz CT molecular complexity index is 485. The number of carbonyl (C=O) groups is 1. The molecule has 0 atom stereocenters. The summed E-state index contributed by atoms with van der Waals surface area (Å²) in [5.41, 5.74) is 5.62. The first-order valence-corrected chi connectivity index (χ1v) is 6.62. The van der Waals surface area contributed by atoms with E-state index in [0.717, 1.165) is 12.1 Å². The molecule has 1 aromatic carbocycles. The number of amides is 1. The van der Waals surface area contributed by atoms with Crippen molar-refractivity contribution >= 4 is 5.91 Å². The molecule has 0 radical (unpaired) electrons. The second kappa shape index (κ2) is 6.80. The number of ether oxygens (including phenoxy) is 1. The number of benzene rings is 1. The SMILES string of the molecule is CCC(N)(CC)CNC(=O)c1cccc(OC(F)(F)F)c1. The number of nitrogens with two attached hydrogens (primary N) is 1. The standard InChI is InChI=1S/C14H19F3N2O2/c1-3-13(18,4-2)9-19-12(20)10-6-5-7-11(8-10)21-14(15,16)17/h5-8H,3-4,9,18H2,1-2H3,(H,19,20). The Labute approximate surface area is 121 Å². The van der Waals surface area contributed by atoms with E-state index in [4.69, 9.17) is 5.73 Å². The van der Waals surface area contributed by atoms with Crippen LogP contribution in [-0.2, 0) is 0 Å². The van der Waals surface area contributed by atoms with E-state index in [1.165, 1.54) is 12.1 Å². The maximum atomic E-state index is 12.1. The fourth-order valence-corrected chi connectivity index (χ4v) is 1.69. The fraction of sp³-hybridized carbons (Fsp3) is 0.500. The second-order valence-corrected chi connectivity index (χ2v) is 4.83. The van der Waals surface area contributed by atoms with Crippen LogP contribution in [0.15, 0.2) is 24.3 Å². The van der Waals surface area contributed by atoms with Gasteiger partial charge < -0.3 is 15.8 Å². The molecule has 0 unspecified atom stereocenters. The quantitative estimate of drug-likeness (QED) is 0.849. The molecule has 0 spiro atoms. The Kier molecular flexibility index (Phi) is 5.60. The molecule has 3 N–H and O–H groups in total. The minimum atomic E-state index is -4.79. The molecule has 0 aliphatic carbocycles. The molecule has 0 bridgehead atoms. The van der Waals surface area contributed by atoms with Crippen molar-refractivity contribution in [1.29, 1.82) is 0 Å². The number of carbonyl (C=O) groups excluding carboxylic acids is 1. The molecule has 7 heteroatoms. The van der Waals surface area contributed by atoms with Crippen molar-refractivity contribution in [3.8, 4) is 5.75 Å². The highest BCUT2D eigenvalue weighted by atomic mass is 19.4. The monoisotopic (exact) mass is 304 g/mol. The van der Waals surface area contributed by atoms with Crippen LogP contribution in [0.1, 0.15) is 37.0 Å². The summed E-state index contributed by atoms with van der Waals surface area (Å²) in [6.07, 6.45) is -3.42. The van der Waals surface area contributed by atoms with E-state index in [9.17, 15) is 18.0 Å². The molecular weight excluding hydrogens is 285 g/mol. The first-order valence-electron chi connectivity index (χ1n) is 6.62. The Hall–Kier alpha value is -1.76. The van der Waals surface area contributed by atoms with Crippen molar-refractivity contribution in [3.05, 3.63) is 29.8 Å². The van der Waals surface area contributed by atoms with Crippen LogP contribution >= 0.6 is 0 Å². The van der Waals surface area contributed by atoms with E-state index in [1.807, 2.05) is 13.8 Å². The third-order valence-corrected chi connectivity index (χ3v) is 3.34. The summed E-state index contributed by atoms with van der Waals surface area (Å²) < 4.78 is 40.2. The molecular formula is C14H19F3N2O2. The van der Waals surface area contributed by atoms with Gasteiger partial charge in [-0.15, -0.1) is 13.2 Å². The van der Waals surface area contributed by atoms with Gasteiger partial charge in [0.15, 0.2) is 0 Å². The van der Waals surface area contributed by atoms with Gasteiger partial charge in [-0.05, 0) is 31.0 Å². The lowest BCUT2D eigenvalue weighted by molar-refractivity contribution is -0.274. The van der Waals surface area contributed by atoms with Gasteiger partial charge in [-0.2, -0.15) is 0 Å². The summed E-state index contributed by atoms with van der Waals surface area (Å²) in [5, 5.41) is 2.63. The fourth-order valence-electron chi connectivity index (χ4n) is 1.69. The first-order chi connectivity index (χ1) is 9.69. The highest BCUT2D eigenvalue weighted by molar-refractivity contribution is 5.94. The van der Waals surface area contributed by atoms with Gasteiger partial charge in [-0.1, -0.05) is 19.9 Å². The summed E-state index contributed by atoms with van der Waals surface area (Å²) in [5.74, 6) is -0.917. The van der Waals surface area contributed by atoms with Crippen molar-refractivity contribution in [1.82, 2.24) is 5.32 Å². The van der Waals surface area contributed by atoms with Gasteiger partial charge >= 0.3 is 6.36 Å². The number of hydrogen-bond donors (Lipinski definition) is 2. The summed E-state index contributed by atoms with van der Waals surface area (Å²) in [4.78, 5) is 11.9. The molecule has 1 aromatic rings. The lowest BCUT2D eigenvalue weighted by atomic mass is 9.94. The Morgan fingerprint density at radius 1 is 1.29 bits per heavy atom. The summed E-state index contributed by atoms with van der Waals surface area (Å²) in [7, 11) is 0. The van der Waals surface area contributed by atoms with Crippen molar-refractivity contribution in [2.75, 3.05) is 6.54 Å². The smallest absolute Gasteiger partial charge is 0.406 e. The summed E-state index contributed by atoms with van der Waals surface area (Å²) in [6.45, 7) is 4.07. The maximum absolute atomic E-state index is 12.1. The van der Waals surface area contributed by atoms with E-state index >= 15 is 0 Å². The molecule has 118 valence electrons. The molecule has 0 saturated heterocycles. The third-order valence-electron chi connectivity index (χ3n) is 3.34. The predicted molar refractivity (Wildman–Crippen MR) is 73.0 cm³/mol. The zero-order valence-corrected chi connectivity index (χ0v) is 12.0. The van der Waals surface area contributed by atoms with Crippen LogP contribution in [-0.4, -0.2) is 24.4 Å². The van der Waals surface area contributed by atoms with Gasteiger partial charge in [0.25, 0.3) is 5.91 Å². The Morgan fingerprint density at radius 2 is 1.90 bits per heavy atom. The van der Waals surface area contributed by atoms with Crippen LogP contribution in [0.25, 0.3) is 0 Å². The van der Waals surface area contributed by atoms with Gasteiger partial charge in [-0.25, -0.2) is 0 Å². The van der Waals surface area contributed by atoms with Gasteiger partial charge in [0, 0.05) is 17.6 Å². The Morgan fingerprint density at radius 3 is 2.43 bits per heavy atom. The molecule has 1 amide bonds. The van der Waals surface area contributed by atoms with E-state index in [0.29, 0.717) is 12.8 Å². The van der Waals surface area contributed by atoms with Crippen LogP contribution in [0.4, 0.5) is 13.2 Å². The average molecular weight is 304 g/mol. The van der Waals surface area contributed by atoms with Crippen molar-refractivity contribution in [2.24, 2.45) is 5.73 Å². The molecule has 4 nitrogen and oxygen atoms in total. The van der Waals surface area contributed by atoms with Crippen LogP contribution in [0.2, 0.25) is 0 Å². The topological polar surface area (TPSA) is 64.3 Å². The van der Waals surface area contributed by atoms with Gasteiger partial charge in [0.05, 0.1) is 0 Å². The van der Waals surface area contributed by atoms with Crippen molar-refractivity contribution < 1.29 is 22.7 Å². The van der Waals surface area contributed by atoms with Crippen molar-refractivity contribution in [2.45, 2.75) is 38.6 Å². The molecule has 0 fully saturated rings. The first kappa shape index (κ1) is 17.3. The summed E-state index contributed by atoms with van der Waals surface area (Å²) in [6, 6.07) is 4.91. The second-order valence-electron chi connectivity index (χ2n) is 4.83. The zero-order valence-electron chi connectivity index (χ0n) is 12.0. The molecule has 21 heavy (non-hydrogen) atoms. The van der Waals surface area contributed by atoms with Crippen LogP contribution < -0.4 is 15.8 Å². The highest BCUT2D eigenvalue weighted by Gasteiger charge is 2.31. The lowest BCUT2D eigenvalue weighted by Crippen LogP contribution is -2.49. The normalized spacial score (nSPS) is 12.1. The predicted octanol–water partition coefficient (Wildman–Crippen LogP) is 2.83. The van der Waals surface area contributed by atoms with E-state index in [1.54, 1.807) is 0 Å². The minimum Gasteiger partial charge on any atom is -0.406 e. The number of halogens is 3. The number of alkyl halides is 3. The molecule has 0 heterocycles. The molecule has 0 aliphatic rings.